The van der Waals surface area contributed by atoms with Gasteiger partial charge in [-0.1, -0.05) is 32.6 Å². The summed E-state index contributed by atoms with van der Waals surface area (Å²) in [6.45, 7) is 3.58. The average molecular weight is 276 g/mol. The van der Waals surface area contributed by atoms with Crippen molar-refractivity contribution in [1.29, 1.82) is 0 Å². The highest BCUT2D eigenvalue weighted by molar-refractivity contribution is 7.89. The van der Waals surface area contributed by atoms with Crippen LogP contribution < -0.4 is 5.73 Å². The van der Waals surface area contributed by atoms with Crippen molar-refractivity contribution < 1.29 is 8.42 Å². The van der Waals surface area contributed by atoms with Gasteiger partial charge in [-0.3, -0.25) is 0 Å². The first-order valence-electron chi connectivity index (χ1n) is 7.28. The van der Waals surface area contributed by atoms with E-state index in [1.54, 1.807) is 4.31 Å². The third-order valence-corrected chi connectivity index (χ3v) is 5.75. The Balaban J connectivity index is 2.55. The molecule has 0 radical (unpaired) electrons. The average Bonchev–Trinajstić information content (AvgIpc) is 2.35. The molecule has 4 nitrogen and oxygen atoms in total. The smallest absolute Gasteiger partial charge is 0.214 e. The number of nitrogens with zero attached hydrogens (tertiary/aromatic N) is 1. The zero-order chi connectivity index (χ0) is 13.4. The lowest BCUT2D eigenvalue weighted by Crippen LogP contribution is -2.39. The molecule has 1 fully saturated rings. The second kappa shape index (κ2) is 8.12. The molecular formula is C13H28N2O2S. The van der Waals surface area contributed by atoms with Gasteiger partial charge < -0.3 is 5.73 Å². The Hall–Kier alpha value is -0.130. The molecule has 0 heterocycles. The van der Waals surface area contributed by atoms with Gasteiger partial charge in [0.25, 0.3) is 0 Å². The van der Waals surface area contributed by atoms with Crippen LogP contribution in [0.25, 0.3) is 0 Å². The molecule has 0 aromatic carbocycles. The van der Waals surface area contributed by atoms with Gasteiger partial charge in [-0.2, -0.15) is 0 Å². The molecule has 5 heteroatoms. The second-order valence-electron chi connectivity index (χ2n) is 5.32. The van der Waals surface area contributed by atoms with Crippen molar-refractivity contribution in [2.45, 2.75) is 51.9 Å². The number of sulfonamides is 1. The van der Waals surface area contributed by atoms with E-state index in [1.807, 2.05) is 0 Å². The summed E-state index contributed by atoms with van der Waals surface area (Å²) in [5, 5.41) is 0. The first-order valence-corrected chi connectivity index (χ1v) is 8.89. The van der Waals surface area contributed by atoms with Crippen molar-refractivity contribution in [3.05, 3.63) is 0 Å². The fourth-order valence-corrected chi connectivity index (χ4v) is 4.56. The molecule has 18 heavy (non-hydrogen) atoms. The lowest BCUT2D eigenvalue weighted by Gasteiger charge is -2.26. The van der Waals surface area contributed by atoms with Crippen LogP contribution in [-0.2, 0) is 10.0 Å². The van der Waals surface area contributed by atoms with Gasteiger partial charge >= 0.3 is 0 Å². The van der Waals surface area contributed by atoms with Gasteiger partial charge in [-0.15, -0.1) is 0 Å². The Bertz CT molecular complexity index is 311. The maximum Gasteiger partial charge on any atom is 0.214 e. The van der Waals surface area contributed by atoms with Gasteiger partial charge in [0, 0.05) is 19.6 Å². The Kier molecular flexibility index (Phi) is 7.19. The highest BCUT2D eigenvalue weighted by Gasteiger charge is 2.26. The SMILES string of the molecule is CCCCN(CCN)S(=O)(=O)CC1CCCCC1. The third kappa shape index (κ3) is 5.24. The van der Waals surface area contributed by atoms with Crippen molar-refractivity contribution in [3.63, 3.8) is 0 Å². The summed E-state index contributed by atoms with van der Waals surface area (Å²) < 4.78 is 26.3. The molecule has 1 aliphatic rings. The minimum absolute atomic E-state index is 0.330. The maximum atomic E-state index is 12.4. The topological polar surface area (TPSA) is 63.4 Å². The Morgan fingerprint density at radius 3 is 2.39 bits per heavy atom. The lowest BCUT2D eigenvalue weighted by atomic mass is 9.91. The molecule has 0 unspecified atom stereocenters. The van der Waals surface area contributed by atoms with Gasteiger partial charge in [0.1, 0.15) is 0 Å². The van der Waals surface area contributed by atoms with E-state index in [0.29, 0.717) is 31.3 Å². The van der Waals surface area contributed by atoms with Crippen LogP contribution in [0, 0.1) is 5.92 Å². The normalized spacial score (nSPS) is 18.4. The monoisotopic (exact) mass is 276 g/mol. The first kappa shape index (κ1) is 15.9. The highest BCUT2D eigenvalue weighted by Crippen LogP contribution is 2.25. The fourth-order valence-electron chi connectivity index (χ4n) is 2.63. The minimum Gasteiger partial charge on any atom is -0.329 e. The standard InChI is InChI=1S/C13H28N2O2S/c1-2-3-10-15(11-9-14)18(16,17)12-13-7-5-4-6-8-13/h13H,2-12,14H2,1H3. The summed E-state index contributed by atoms with van der Waals surface area (Å²) in [5.74, 6) is 0.696. The molecule has 0 amide bonds. The lowest BCUT2D eigenvalue weighted by molar-refractivity contribution is 0.365. The van der Waals surface area contributed by atoms with E-state index in [9.17, 15) is 8.42 Å². The molecule has 0 atom stereocenters. The predicted molar refractivity (Wildman–Crippen MR) is 75.9 cm³/mol. The zero-order valence-corrected chi connectivity index (χ0v) is 12.4. The molecule has 0 aliphatic heterocycles. The van der Waals surface area contributed by atoms with Crippen LogP contribution in [0.4, 0.5) is 0 Å². The quantitative estimate of drug-likeness (QED) is 0.737. The Labute approximate surface area is 112 Å². The number of nitrogens with two attached hydrogens (primary N) is 1. The second-order valence-corrected chi connectivity index (χ2v) is 7.34. The van der Waals surface area contributed by atoms with Gasteiger partial charge in [-0.25, -0.2) is 12.7 Å². The molecule has 0 saturated heterocycles. The van der Waals surface area contributed by atoms with Crippen molar-refractivity contribution in [1.82, 2.24) is 4.31 Å². The van der Waals surface area contributed by atoms with Gasteiger partial charge in [0.15, 0.2) is 0 Å². The van der Waals surface area contributed by atoms with E-state index < -0.39 is 10.0 Å². The summed E-state index contributed by atoms with van der Waals surface area (Å²) in [6, 6.07) is 0. The van der Waals surface area contributed by atoms with Gasteiger partial charge in [-0.05, 0) is 25.2 Å². The van der Waals surface area contributed by atoms with E-state index in [-0.39, 0.29) is 0 Å². The van der Waals surface area contributed by atoms with Crippen LogP contribution >= 0.6 is 0 Å². The van der Waals surface area contributed by atoms with Gasteiger partial charge in [0.2, 0.25) is 10.0 Å². The number of hydrogen-bond acceptors (Lipinski definition) is 3. The van der Waals surface area contributed by atoms with Crippen LogP contribution in [-0.4, -0.2) is 38.1 Å². The summed E-state index contributed by atoms with van der Waals surface area (Å²) in [7, 11) is -3.10. The molecule has 0 spiro atoms. The van der Waals surface area contributed by atoms with Crippen LogP contribution in [0.5, 0.6) is 0 Å². The van der Waals surface area contributed by atoms with Crippen LogP contribution in [0.3, 0.4) is 0 Å². The largest absolute Gasteiger partial charge is 0.329 e. The van der Waals surface area contributed by atoms with Gasteiger partial charge in [0.05, 0.1) is 5.75 Å². The fraction of sp³-hybridized carbons (Fsp3) is 1.00. The molecule has 0 aromatic rings. The van der Waals surface area contributed by atoms with Crippen LogP contribution in [0.15, 0.2) is 0 Å². The van der Waals surface area contributed by atoms with Crippen molar-refractivity contribution in [2.75, 3.05) is 25.4 Å². The molecule has 1 aliphatic carbocycles. The van der Waals surface area contributed by atoms with E-state index in [1.165, 1.54) is 19.3 Å². The van der Waals surface area contributed by atoms with E-state index in [2.05, 4.69) is 6.92 Å². The summed E-state index contributed by atoms with van der Waals surface area (Å²) in [4.78, 5) is 0. The Morgan fingerprint density at radius 1 is 1.17 bits per heavy atom. The maximum absolute atomic E-state index is 12.4. The number of unbranched alkanes of at least 4 members (excludes halogenated alkanes) is 1. The number of hydrogen-bond donors (Lipinski definition) is 1. The molecule has 0 bridgehead atoms. The summed E-state index contributed by atoms with van der Waals surface area (Å²) >= 11 is 0. The minimum atomic E-state index is -3.10. The van der Waals surface area contributed by atoms with Crippen LogP contribution in [0.2, 0.25) is 0 Å². The summed E-state index contributed by atoms with van der Waals surface area (Å²) in [5.41, 5.74) is 5.52. The molecule has 0 aromatic heterocycles. The Morgan fingerprint density at radius 2 is 1.83 bits per heavy atom. The molecule has 1 rings (SSSR count). The summed E-state index contributed by atoms with van der Waals surface area (Å²) in [6.07, 6.45) is 7.72. The van der Waals surface area contributed by atoms with E-state index >= 15 is 0 Å². The highest BCUT2D eigenvalue weighted by atomic mass is 32.2. The molecule has 2 N–H and O–H groups in total. The molecule has 1 saturated carbocycles. The zero-order valence-electron chi connectivity index (χ0n) is 11.6. The predicted octanol–water partition coefficient (Wildman–Crippen LogP) is 1.96. The van der Waals surface area contributed by atoms with Crippen molar-refractivity contribution >= 4 is 10.0 Å². The van der Waals surface area contributed by atoms with Crippen LogP contribution in [0.1, 0.15) is 51.9 Å². The van der Waals surface area contributed by atoms with Crippen molar-refractivity contribution in [3.8, 4) is 0 Å². The first-order chi connectivity index (χ1) is 8.60. The molecular weight excluding hydrogens is 248 g/mol. The molecule has 108 valence electrons. The van der Waals surface area contributed by atoms with E-state index in [4.69, 9.17) is 5.73 Å². The van der Waals surface area contributed by atoms with Crippen molar-refractivity contribution in [2.24, 2.45) is 11.7 Å². The van der Waals surface area contributed by atoms with E-state index in [0.717, 1.165) is 25.7 Å². The number of rotatable bonds is 8. The third-order valence-electron chi connectivity index (χ3n) is 3.70.